The van der Waals surface area contributed by atoms with E-state index >= 15 is 0 Å². The first kappa shape index (κ1) is 34.9. The van der Waals surface area contributed by atoms with Crippen LogP contribution in [0.15, 0.2) is 146 Å². The monoisotopic (exact) mass is 698 g/mol. The Kier molecular flexibility index (Phi) is 11.7. The van der Waals surface area contributed by atoms with Crippen molar-refractivity contribution in [2.45, 2.75) is 56.6 Å². The van der Waals surface area contributed by atoms with Gasteiger partial charge in [0.15, 0.2) is 6.10 Å². The quantitative estimate of drug-likeness (QED) is 0.105. The maximum absolute atomic E-state index is 13.7. The van der Waals surface area contributed by atoms with Gasteiger partial charge in [-0.3, -0.25) is 0 Å². The molecule has 1 aliphatic heterocycles. The van der Waals surface area contributed by atoms with Gasteiger partial charge in [-0.05, 0) is 68.3 Å². The van der Waals surface area contributed by atoms with Gasteiger partial charge < -0.3 is 23.7 Å². The van der Waals surface area contributed by atoms with E-state index < -0.39 is 35.8 Å². The van der Waals surface area contributed by atoms with Gasteiger partial charge in [-0.2, -0.15) is 0 Å². The van der Waals surface area contributed by atoms with Crippen LogP contribution < -0.4 is 0 Å². The summed E-state index contributed by atoms with van der Waals surface area (Å²) in [7, 11) is 0. The van der Waals surface area contributed by atoms with E-state index in [1.165, 1.54) is 5.39 Å². The molecule has 1 saturated heterocycles. The van der Waals surface area contributed by atoms with Crippen molar-refractivity contribution in [3.8, 4) is 0 Å². The van der Waals surface area contributed by atoms with E-state index in [0.717, 1.165) is 38.6 Å². The molecule has 0 aliphatic carbocycles. The van der Waals surface area contributed by atoms with Crippen LogP contribution in [0.3, 0.4) is 0 Å². The zero-order valence-corrected chi connectivity index (χ0v) is 29.5. The van der Waals surface area contributed by atoms with E-state index in [-0.39, 0.29) is 6.61 Å². The topological polar surface area (TPSA) is 63.2 Å². The Bertz CT molecular complexity index is 2020. The average Bonchev–Trinajstić information content (AvgIpc) is 3.18. The van der Waals surface area contributed by atoms with Gasteiger partial charge in [0.25, 0.3) is 0 Å². The molecule has 0 amide bonds. The second-order valence-corrected chi connectivity index (χ2v) is 14.0. The Morgan fingerprint density at radius 1 is 0.588 bits per heavy atom. The summed E-state index contributed by atoms with van der Waals surface area (Å²) in [5, 5.41) is 4.61. The molecule has 0 saturated carbocycles. The van der Waals surface area contributed by atoms with Crippen LogP contribution in [0.25, 0.3) is 21.5 Å². The number of fused-ring (bicyclic) bond motifs is 2. The van der Waals surface area contributed by atoms with Crippen molar-refractivity contribution in [2.75, 3.05) is 12.4 Å². The van der Waals surface area contributed by atoms with Gasteiger partial charge in [-0.15, -0.1) is 11.8 Å². The van der Waals surface area contributed by atoms with Gasteiger partial charge in [0.1, 0.15) is 23.7 Å². The highest BCUT2D eigenvalue weighted by molar-refractivity contribution is 7.99. The van der Waals surface area contributed by atoms with Gasteiger partial charge in [-0.25, -0.2) is 4.79 Å². The molecule has 7 rings (SSSR count). The molecule has 260 valence electrons. The number of rotatable bonds is 14. The Hall–Kier alpha value is -4.50. The van der Waals surface area contributed by atoms with E-state index in [9.17, 15) is 4.79 Å². The first-order valence-electron chi connectivity index (χ1n) is 17.5. The number of hydrogen-bond donors (Lipinski definition) is 0. The van der Waals surface area contributed by atoms with Gasteiger partial charge in [0.2, 0.25) is 0 Å². The maximum atomic E-state index is 13.7. The third-order valence-corrected chi connectivity index (χ3v) is 10.1. The zero-order chi connectivity index (χ0) is 34.8. The molecule has 51 heavy (non-hydrogen) atoms. The molecular formula is C44H42O6S. The van der Waals surface area contributed by atoms with Gasteiger partial charge in [0.05, 0.1) is 32.0 Å². The van der Waals surface area contributed by atoms with Crippen molar-refractivity contribution >= 4 is 39.3 Å². The molecule has 7 heteroatoms. The average molecular weight is 699 g/mol. The Labute approximate surface area is 303 Å². The first-order chi connectivity index (χ1) is 25.1. The molecule has 0 bridgehead atoms. The summed E-state index contributed by atoms with van der Waals surface area (Å²) < 4.78 is 33.0. The summed E-state index contributed by atoms with van der Waals surface area (Å²) >= 11 is 1.65. The molecular weight excluding hydrogens is 657 g/mol. The smallest absolute Gasteiger partial charge is 0.338 e. The molecule has 0 radical (unpaired) electrons. The molecule has 5 atom stereocenters. The number of benzene rings is 6. The summed E-state index contributed by atoms with van der Waals surface area (Å²) in [6.07, 6.45) is -2.63. The molecule has 1 fully saturated rings. The SMILES string of the molecule is CCSC1OC(COCc2ccccc2)C(OC(=O)c2ccccc2)C(OCc2ccc3ccccc3c2)C1OCc1ccc2ccccc2c1. The number of hydrogen-bond acceptors (Lipinski definition) is 7. The molecule has 6 aromatic rings. The molecule has 6 nitrogen and oxygen atoms in total. The van der Waals surface area contributed by atoms with Crippen molar-refractivity contribution < 1.29 is 28.5 Å². The summed E-state index contributed by atoms with van der Waals surface area (Å²) in [5.74, 6) is 0.343. The van der Waals surface area contributed by atoms with Crippen molar-refractivity contribution in [3.63, 3.8) is 0 Å². The first-order valence-corrected chi connectivity index (χ1v) is 18.5. The summed E-state index contributed by atoms with van der Waals surface area (Å²) in [6.45, 7) is 3.34. The molecule has 1 heterocycles. The fourth-order valence-electron chi connectivity index (χ4n) is 6.49. The third-order valence-electron chi connectivity index (χ3n) is 9.08. The number of carbonyl (C=O) groups excluding carboxylic acids is 1. The number of thioether (sulfide) groups is 1. The zero-order valence-electron chi connectivity index (χ0n) is 28.6. The van der Waals surface area contributed by atoms with Crippen LogP contribution in [-0.4, -0.2) is 48.2 Å². The Morgan fingerprint density at radius 2 is 1.14 bits per heavy atom. The van der Waals surface area contributed by atoms with E-state index in [4.69, 9.17) is 23.7 Å². The van der Waals surface area contributed by atoms with Crippen molar-refractivity contribution in [3.05, 3.63) is 168 Å². The lowest BCUT2D eigenvalue weighted by molar-refractivity contribution is -0.240. The standard InChI is InChI=1S/C44H42O6S/c1-2-51-44-42(48-29-33-22-24-35-16-10-12-20-38(35)26-33)41(47-28-32-21-23-34-15-9-11-19-37(34)25-32)40(50-43(45)36-17-7-4-8-18-36)39(49-44)30-46-27-31-13-5-3-6-14-31/h3-26,39-42,44H,2,27-30H2,1H3. The lowest BCUT2D eigenvalue weighted by Gasteiger charge is -2.45. The van der Waals surface area contributed by atoms with E-state index in [1.807, 2.05) is 72.8 Å². The molecule has 0 spiro atoms. The second-order valence-electron chi connectivity index (χ2n) is 12.6. The summed E-state index contributed by atoms with van der Waals surface area (Å²) in [6, 6.07) is 48.3. The normalized spacial score (nSPS) is 20.4. The lowest BCUT2D eigenvalue weighted by Crippen LogP contribution is -2.60. The summed E-state index contributed by atoms with van der Waals surface area (Å²) in [4.78, 5) is 13.7. The lowest BCUT2D eigenvalue weighted by atomic mass is 9.98. The predicted octanol–water partition coefficient (Wildman–Crippen LogP) is 9.38. The van der Waals surface area contributed by atoms with Crippen LogP contribution >= 0.6 is 11.8 Å². The van der Waals surface area contributed by atoms with Gasteiger partial charge in [0, 0.05) is 0 Å². The fraction of sp³-hybridized carbons (Fsp3) is 0.250. The van der Waals surface area contributed by atoms with Gasteiger partial charge >= 0.3 is 5.97 Å². The van der Waals surface area contributed by atoms with Crippen LogP contribution in [0.1, 0.15) is 34.0 Å². The second kappa shape index (κ2) is 17.1. The van der Waals surface area contributed by atoms with Crippen LogP contribution in [0.4, 0.5) is 0 Å². The van der Waals surface area contributed by atoms with Crippen molar-refractivity contribution in [1.82, 2.24) is 0 Å². The number of carbonyl (C=O) groups is 1. The number of esters is 1. The van der Waals surface area contributed by atoms with Crippen molar-refractivity contribution in [1.29, 1.82) is 0 Å². The van der Waals surface area contributed by atoms with Crippen LogP contribution in [-0.2, 0) is 43.5 Å². The highest BCUT2D eigenvalue weighted by Crippen LogP contribution is 2.36. The van der Waals surface area contributed by atoms with E-state index in [0.29, 0.717) is 25.4 Å². The third kappa shape index (κ3) is 8.87. The van der Waals surface area contributed by atoms with E-state index in [1.54, 1.807) is 23.9 Å². The molecule has 6 aromatic carbocycles. The van der Waals surface area contributed by atoms with E-state index in [2.05, 4.69) is 67.6 Å². The highest BCUT2D eigenvalue weighted by Gasteiger charge is 2.50. The molecule has 0 N–H and O–H groups in total. The molecule has 5 unspecified atom stereocenters. The number of ether oxygens (including phenoxy) is 5. The minimum Gasteiger partial charge on any atom is -0.453 e. The fourth-order valence-corrected chi connectivity index (χ4v) is 7.47. The minimum absolute atomic E-state index is 0.204. The minimum atomic E-state index is -0.816. The largest absolute Gasteiger partial charge is 0.453 e. The predicted molar refractivity (Wildman–Crippen MR) is 204 cm³/mol. The molecule has 0 aromatic heterocycles. The molecule has 1 aliphatic rings. The summed E-state index contributed by atoms with van der Waals surface area (Å²) in [5.41, 5.74) is 3.15. The Morgan fingerprint density at radius 3 is 1.75 bits per heavy atom. The Balaban J connectivity index is 1.20. The van der Waals surface area contributed by atoms with Crippen LogP contribution in [0, 0.1) is 0 Å². The van der Waals surface area contributed by atoms with Crippen LogP contribution in [0.2, 0.25) is 0 Å². The van der Waals surface area contributed by atoms with Crippen molar-refractivity contribution in [2.24, 2.45) is 0 Å². The maximum Gasteiger partial charge on any atom is 0.338 e. The van der Waals surface area contributed by atoms with Gasteiger partial charge in [-0.1, -0.05) is 128 Å². The van der Waals surface area contributed by atoms with Crippen LogP contribution in [0.5, 0.6) is 0 Å². The highest BCUT2D eigenvalue weighted by atomic mass is 32.2.